The molecule has 0 amide bonds. The minimum atomic E-state index is -0.0389. The van der Waals surface area contributed by atoms with Crippen molar-refractivity contribution in [1.82, 2.24) is 9.97 Å². The standard InChI is InChI=1S/C13H21N3O/c1-10(2)13-14-11(9-12(17)15-13)16-7-5-3-4-6-8-16/h9-10H,3-8H2,1-2H3,(H,14,15,17). The fourth-order valence-corrected chi connectivity index (χ4v) is 2.20. The second-order valence-corrected chi connectivity index (χ2v) is 5.04. The maximum atomic E-state index is 11.6. The Morgan fingerprint density at radius 1 is 1.24 bits per heavy atom. The Morgan fingerprint density at radius 3 is 2.47 bits per heavy atom. The van der Waals surface area contributed by atoms with Gasteiger partial charge in [0.05, 0.1) is 0 Å². The number of nitrogens with zero attached hydrogens (tertiary/aromatic N) is 2. The molecule has 1 saturated heterocycles. The van der Waals surface area contributed by atoms with E-state index < -0.39 is 0 Å². The Hall–Kier alpha value is -1.32. The molecule has 0 atom stereocenters. The van der Waals surface area contributed by atoms with Gasteiger partial charge in [-0.2, -0.15) is 0 Å². The van der Waals surface area contributed by atoms with E-state index in [9.17, 15) is 4.79 Å². The van der Waals surface area contributed by atoms with E-state index >= 15 is 0 Å². The summed E-state index contributed by atoms with van der Waals surface area (Å²) >= 11 is 0. The molecule has 0 radical (unpaired) electrons. The first kappa shape index (κ1) is 12.1. The number of aromatic nitrogens is 2. The summed E-state index contributed by atoms with van der Waals surface area (Å²) in [6.07, 6.45) is 4.98. The normalized spacial score (nSPS) is 17.2. The lowest BCUT2D eigenvalue weighted by Crippen LogP contribution is -2.27. The van der Waals surface area contributed by atoms with Crippen LogP contribution in [0, 0.1) is 0 Å². The van der Waals surface area contributed by atoms with Crippen LogP contribution >= 0.6 is 0 Å². The highest BCUT2D eigenvalue weighted by Crippen LogP contribution is 2.17. The van der Waals surface area contributed by atoms with Crippen molar-refractivity contribution in [1.29, 1.82) is 0 Å². The summed E-state index contributed by atoms with van der Waals surface area (Å²) in [5.41, 5.74) is -0.0389. The Morgan fingerprint density at radius 2 is 1.88 bits per heavy atom. The Labute approximate surface area is 102 Å². The molecule has 1 N–H and O–H groups in total. The molecular formula is C13H21N3O. The van der Waals surface area contributed by atoms with Gasteiger partial charge in [0.2, 0.25) is 0 Å². The van der Waals surface area contributed by atoms with Crippen LogP contribution in [0.15, 0.2) is 10.9 Å². The lowest BCUT2D eigenvalue weighted by molar-refractivity contribution is 0.726. The van der Waals surface area contributed by atoms with E-state index in [-0.39, 0.29) is 11.5 Å². The number of hydrogen-bond acceptors (Lipinski definition) is 3. The van der Waals surface area contributed by atoms with Gasteiger partial charge >= 0.3 is 0 Å². The molecule has 17 heavy (non-hydrogen) atoms. The first-order valence-corrected chi connectivity index (χ1v) is 6.53. The molecular weight excluding hydrogens is 214 g/mol. The maximum Gasteiger partial charge on any atom is 0.252 e. The van der Waals surface area contributed by atoms with E-state index in [1.807, 2.05) is 13.8 Å². The number of rotatable bonds is 2. The Bertz CT molecular complexity index is 417. The molecule has 0 saturated carbocycles. The molecule has 4 heteroatoms. The lowest BCUT2D eigenvalue weighted by Gasteiger charge is -2.21. The number of hydrogen-bond donors (Lipinski definition) is 1. The Kier molecular flexibility index (Phi) is 3.82. The van der Waals surface area contributed by atoms with Gasteiger partial charge < -0.3 is 9.88 Å². The zero-order valence-electron chi connectivity index (χ0n) is 10.7. The number of anilines is 1. The monoisotopic (exact) mass is 235 g/mol. The lowest BCUT2D eigenvalue weighted by atomic mass is 10.2. The first-order valence-electron chi connectivity index (χ1n) is 6.53. The average molecular weight is 235 g/mol. The van der Waals surface area contributed by atoms with Crippen molar-refractivity contribution < 1.29 is 0 Å². The fourth-order valence-electron chi connectivity index (χ4n) is 2.20. The Balaban J connectivity index is 2.27. The molecule has 1 aromatic rings. The molecule has 2 heterocycles. The van der Waals surface area contributed by atoms with Crippen LogP contribution in [0.4, 0.5) is 5.82 Å². The third-order valence-electron chi connectivity index (χ3n) is 3.22. The van der Waals surface area contributed by atoms with Crippen molar-refractivity contribution in [2.75, 3.05) is 18.0 Å². The highest BCUT2D eigenvalue weighted by atomic mass is 16.1. The fraction of sp³-hybridized carbons (Fsp3) is 0.692. The van der Waals surface area contributed by atoms with Gasteiger partial charge in [-0.25, -0.2) is 4.98 Å². The van der Waals surface area contributed by atoms with Gasteiger partial charge in [0.1, 0.15) is 11.6 Å². The zero-order valence-corrected chi connectivity index (χ0v) is 10.7. The largest absolute Gasteiger partial charge is 0.356 e. The van der Waals surface area contributed by atoms with E-state index in [1.54, 1.807) is 6.07 Å². The molecule has 0 unspecified atom stereocenters. The number of nitrogens with one attached hydrogen (secondary N) is 1. The van der Waals surface area contributed by atoms with Crippen LogP contribution in [-0.4, -0.2) is 23.1 Å². The summed E-state index contributed by atoms with van der Waals surface area (Å²) in [5, 5.41) is 0. The van der Waals surface area contributed by atoms with Crippen molar-refractivity contribution in [3.63, 3.8) is 0 Å². The van der Waals surface area contributed by atoms with Crippen LogP contribution in [0.1, 0.15) is 51.3 Å². The van der Waals surface area contributed by atoms with E-state index in [2.05, 4.69) is 14.9 Å². The second-order valence-electron chi connectivity index (χ2n) is 5.04. The van der Waals surface area contributed by atoms with Gasteiger partial charge in [0.15, 0.2) is 0 Å². The SMILES string of the molecule is CC(C)c1nc(N2CCCCCC2)cc(=O)[nH]1. The molecule has 0 bridgehead atoms. The molecule has 94 valence electrons. The smallest absolute Gasteiger partial charge is 0.252 e. The van der Waals surface area contributed by atoms with Crippen LogP contribution in [0.25, 0.3) is 0 Å². The number of aromatic amines is 1. The summed E-state index contributed by atoms with van der Waals surface area (Å²) < 4.78 is 0. The molecule has 4 nitrogen and oxygen atoms in total. The molecule has 0 aromatic carbocycles. The van der Waals surface area contributed by atoms with Crippen LogP contribution in [0.3, 0.4) is 0 Å². The van der Waals surface area contributed by atoms with E-state index in [4.69, 9.17) is 0 Å². The van der Waals surface area contributed by atoms with E-state index in [0.29, 0.717) is 0 Å². The van der Waals surface area contributed by atoms with Crippen molar-refractivity contribution in [2.45, 2.75) is 45.4 Å². The van der Waals surface area contributed by atoms with Crippen LogP contribution < -0.4 is 10.5 Å². The topological polar surface area (TPSA) is 49.0 Å². The van der Waals surface area contributed by atoms with E-state index in [0.717, 1.165) is 24.7 Å². The highest BCUT2D eigenvalue weighted by molar-refractivity contribution is 5.37. The van der Waals surface area contributed by atoms with Gasteiger partial charge in [-0.15, -0.1) is 0 Å². The molecule has 2 rings (SSSR count). The van der Waals surface area contributed by atoms with Crippen molar-refractivity contribution >= 4 is 5.82 Å². The summed E-state index contributed by atoms with van der Waals surface area (Å²) in [4.78, 5) is 21.2. The maximum absolute atomic E-state index is 11.6. The second kappa shape index (κ2) is 5.34. The minimum Gasteiger partial charge on any atom is -0.356 e. The predicted molar refractivity (Wildman–Crippen MR) is 69.6 cm³/mol. The van der Waals surface area contributed by atoms with Crippen molar-refractivity contribution in [3.8, 4) is 0 Å². The summed E-state index contributed by atoms with van der Waals surface area (Å²) in [6.45, 7) is 6.14. The summed E-state index contributed by atoms with van der Waals surface area (Å²) in [6, 6.07) is 1.62. The van der Waals surface area contributed by atoms with Gasteiger partial charge in [-0.1, -0.05) is 26.7 Å². The number of H-pyrrole nitrogens is 1. The zero-order chi connectivity index (χ0) is 12.3. The van der Waals surface area contributed by atoms with Gasteiger partial charge in [0, 0.05) is 25.1 Å². The van der Waals surface area contributed by atoms with Gasteiger partial charge in [0.25, 0.3) is 5.56 Å². The molecule has 1 fully saturated rings. The molecule has 1 aromatic heterocycles. The molecule has 1 aliphatic heterocycles. The third-order valence-corrected chi connectivity index (χ3v) is 3.22. The van der Waals surface area contributed by atoms with E-state index in [1.165, 1.54) is 25.7 Å². The van der Waals surface area contributed by atoms with Crippen LogP contribution in [0.5, 0.6) is 0 Å². The quantitative estimate of drug-likeness (QED) is 0.855. The van der Waals surface area contributed by atoms with Crippen LogP contribution in [0.2, 0.25) is 0 Å². The molecule has 0 spiro atoms. The first-order chi connectivity index (χ1) is 8.16. The van der Waals surface area contributed by atoms with Crippen molar-refractivity contribution in [2.24, 2.45) is 0 Å². The predicted octanol–water partition coefficient (Wildman–Crippen LogP) is 2.27. The average Bonchev–Trinajstić information content (AvgIpc) is 2.56. The summed E-state index contributed by atoms with van der Waals surface area (Å²) in [7, 11) is 0. The van der Waals surface area contributed by atoms with Crippen molar-refractivity contribution in [3.05, 3.63) is 22.2 Å². The third kappa shape index (κ3) is 3.08. The minimum absolute atomic E-state index is 0.0389. The van der Waals surface area contributed by atoms with Crippen LogP contribution in [-0.2, 0) is 0 Å². The van der Waals surface area contributed by atoms with Gasteiger partial charge in [-0.05, 0) is 12.8 Å². The molecule has 1 aliphatic rings. The highest BCUT2D eigenvalue weighted by Gasteiger charge is 2.13. The summed E-state index contributed by atoms with van der Waals surface area (Å²) in [5.74, 6) is 1.89. The van der Waals surface area contributed by atoms with Gasteiger partial charge in [-0.3, -0.25) is 4.79 Å². The molecule has 0 aliphatic carbocycles.